The maximum Gasteiger partial charge on any atom is 0.332 e. The van der Waals surface area contributed by atoms with E-state index < -0.39 is 0 Å². The van der Waals surface area contributed by atoms with Crippen LogP contribution in [0.3, 0.4) is 0 Å². The van der Waals surface area contributed by atoms with Crippen LogP contribution < -0.4 is 20.9 Å². The van der Waals surface area contributed by atoms with Crippen LogP contribution >= 0.6 is 0 Å². The van der Waals surface area contributed by atoms with Crippen molar-refractivity contribution < 1.29 is 4.74 Å². The molecule has 0 bridgehead atoms. The van der Waals surface area contributed by atoms with E-state index in [9.17, 15) is 9.59 Å². The Morgan fingerprint density at radius 3 is 2.36 bits per heavy atom. The van der Waals surface area contributed by atoms with Crippen LogP contribution in [0.15, 0.2) is 33.9 Å². The first-order valence-corrected chi connectivity index (χ1v) is 9.24. The monoisotopic (exact) mass is 384 g/mol. The molecule has 9 heteroatoms. The van der Waals surface area contributed by atoms with E-state index in [1.54, 1.807) is 14.2 Å². The van der Waals surface area contributed by atoms with Crippen LogP contribution in [-0.2, 0) is 20.6 Å². The summed E-state index contributed by atoms with van der Waals surface area (Å²) in [7, 11) is 4.77. The number of aromatic amines is 1. The van der Waals surface area contributed by atoms with E-state index >= 15 is 0 Å². The number of fused-ring (bicyclic) bond motifs is 1. The van der Waals surface area contributed by atoms with E-state index in [1.165, 1.54) is 17.2 Å². The zero-order chi connectivity index (χ0) is 19.8. The number of piperazine rings is 1. The number of anilines is 1. The number of aromatic nitrogens is 4. The molecule has 0 atom stereocenters. The molecule has 2 aromatic heterocycles. The van der Waals surface area contributed by atoms with Gasteiger partial charge in [-0.25, -0.2) is 4.79 Å². The van der Waals surface area contributed by atoms with Gasteiger partial charge >= 0.3 is 5.69 Å². The molecule has 1 saturated heterocycles. The van der Waals surface area contributed by atoms with Crippen molar-refractivity contribution in [2.24, 2.45) is 14.1 Å². The average Bonchev–Trinajstić information content (AvgIpc) is 3.17. The second kappa shape index (κ2) is 7.16. The molecular formula is C19H24N6O3. The van der Waals surface area contributed by atoms with E-state index in [4.69, 9.17) is 4.74 Å². The molecule has 1 N–H and O–H groups in total. The second-order valence-electron chi connectivity index (χ2n) is 7.08. The Kier molecular flexibility index (Phi) is 4.68. The average molecular weight is 384 g/mol. The Morgan fingerprint density at radius 2 is 1.71 bits per heavy atom. The van der Waals surface area contributed by atoms with Crippen molar-refractivity contribution in [3.63, 3.8) is 0 Å². The van der Waals surface area contributed by atoms with Gasteiger partial charge in [0.1, 0.15) is 5.75 Å². The van der Waals surface area contributed by atoms with Crippen molar-refractivity contribution in [1.82, 2.24) is 24.0 Å². The van der Waals surface area contributed by atoms with Crippen LogP contribution in [0.4, 0.5) is 5.95 Å². The normalized spacial score (nSPS) is 15.3. The predicted molar refractivity (Wildman–Crippen MR) is 107 cm³/mol. The van der Waals surface area contributed by atoms with Gasteiger partial charge in [0.25, 0.3) is 5.56 Å². The number of imidazole rings is 1. The fourth-order valence-corrected chi connectivity index (χ4v) is 3.57. The molecule has 28 heavy (non-hydrogen) atoms. The minimum atomic E-state index is -0.375. The third kappa shape index (κ3) is 3.18. The van der Waals surface area contributed by atoms with E-state index in [-0.39, 0.29) is 11.2 Å². The number of nitrogens with zero attached hydrogens (tertiary/aromatic N) is 5. The minimum absolute atomic E-state index is 0.352. The van der Waals surface area contributed by atoms with Crippen molar-refractivity contribution in [1.29, 1.82) is 0 Å². The molecule has 1 aliphatic heterocycles. The van der Waals surface area contributed by atoms with Crippen LogP contribution in [0.25, 0.3) is 11.2 Å². The fraction of sp³-hybridized carbons (Fsp3) is 0.421. The summed E-state index contributed by atoms with van der Waals surface area (Å²) in [5.74, 6) is 1.50. The first-order chi connectivity index (χ1) is 13.5. The lowest BCUT2D eigenvalue weighted by Crippen LogP contribution is -2.46. The van der Waals surface area contributed by atoms with Gasteiger partial charge in [0.15, 0.2) is 11.2 Å². The third-order valence-corrected chi connectivity index (χ3v) is 5.32. The molecule has 0 unspecified atom stereocenters. The maximum atomic E-state index is 12.3. The lowest BCUT2D eigenvalue weighted by atomic mass is 10.2. The molecule has 1 fully saturated rings. The molecule has 0 saturated carbocycles. The first-order valence-electron chi connectivity index (χ1n) is 9.24. The van der Waals surface area contributed by atoms with Crippen molar-refractivity contribution in [3.05, 3.63) is 50.7 Å². The van der Waals surface area contributed by atoms with Crippen LogP contribution in [-0.4, -0.2) is 57.3 Å². The number of aryl methyl sites for hydroxylation is 1. The Labute approximate surface area is 161 Å². The lowest BCUT2D eigenvalue weighted by Gasteiger charge is -2.34. The van der Waals surface area contributed by atoms with Crippen LogP contribution in [0.5, 0.6) is 5.75 Å². The van der Waals surface area contributed by atoms with Gasteiger partial charge < -0.3 is 14.6 Å². The molecule has 148 valence electrons. The molecule has 4 rings (SSSR count). The fourth-order valence-electron chi connectivity index (χ4n) is 3.57. The number of benzene rings is 1. The Morgan fingerprint density at radius 1 is 1.04 bits per heavy atom. The molecule has 0 aliphatic carbocycles. The Hall–Kier alpha value is -3.07. The highest BCUT2D eigenvalue weighted by atomic mass is 16.5. The van der Waals surface area contributed by atoms with Gasteiger partial charge in [-0.3, -0.25) is 18.8 Å². The zero-order valence-corrected chi connectivity index (χ0v) is 16.3. The van der Waals surface area contributed by atoms with Gasteiger partial charge in [-0.05, 0) is 17.7 Å². The van der Waals surface area contributed by atoms with Crippen molar-refractivity contribution in [3.8, 4) is 5.75 Å². The summed E-state index contributed by atoms with van der Waals surface area (Å²) in [5.41, 5.74) is 1.27. The van der Waals surface area contributed by atoms with Crippen LogP contribution in [0, 0.1) is 0 Å². The lowest BCUT2D eigenvalue weighted by molar-refractivity contribution is 0.249. The SMILES string of the molecule is COc1ccc(CN2CCN(c3nc4c([nH]3)c(=O)n(C)c(=O)n4C)CC2)cc1. The van der Waals surface area contributed by atoms with E-state index in [1.807, 2.05) is 12.1 Å². The highest BCUT2D eigenvalue weighted by Gasteiger charge is 2.21. The number of nitrogens with one attached hydrogen (secondary N) is 1. The summed E-state index contributed by atoms with van der Waals surface area (Å²) in [4.78, 5) is 36.6. The number of rotatable bonds is 4. The van der Waals surface area contributed by atoms with Gasteiger partial charge in [0.2, 0.25) is 5.95 Å². The summed E-state index contributed by atoms with van der Waals surface area (Å²) in [6.45, 7) is 4.25. The molecule has 0 amide bonds. The van der Waals surface area contributed by atoms with E-state index in [2.05, 4.69) is 31.9 Å². The predicted octanol–water partition coefficient (Wildman–Crippen LogP) is 0.291. The summed E-state index contributed by atoms with van der Waals surface area (Å²) >= 11 is 0. The number of methoxy groups -OCH3 is 1. The van der Waals surface area contributed by atoms with Crippen molar-refractivity contribution in [2.75, 3.05) is 38.2 Å². The molecule has 1 aromatic carbocycles. The van der Waals surface area contributed by atoms with Crippen molar-refractivity contribution in [2.45, 2.75) is 6.54 Å². The summed E-state index contributed by atoms with van der Waals surface area (Å²) in [6, 6.07) is 8.12. The van der Waals surface area contributed by atoms with Crippen LogP contribution in [0.1, 0.15) is 5.56 Å². The third-order valence-electron chi connectivity index (χ3n) is 5.32. The number of hydrogen-bond donors (Lipinski definition) is 1. The van der Waals surface area contributed by atoms with E-state index in [0.717, 1.165) is 43.0 Å². The largest absolute Gasteiger partial charge is 0.497 e. The number of ether oxygens (including phenoxy) is 1. The Bertz CT molecular complexity index is 1100. The molecule has 0 spiro atoms. The standard InChI is InChI=1S/C19H24N6O3/c1-22-16-15(17(26)23(2)19(22)27)20-18(21-16)25-10-8-24(9-11-25)12-13-4-6-14(28-3)7-5-13/h4-7H,8-12H2,1-3H3,(H,20,21). The van der Waals surface area contributed by atoms with Gasteiger partial charge in [-0.15, -0.1) is 0 Å². The summed E-state index contributed by atoms with van der Waals surface area (Å²) in [5, 5.41) is 0. The maximum absolute atomic E-state index is 12.3. The van der Waals surface area contributed by atoms with Crippen LogP contribution in [0.2, 0.25) is 0 Å². The number of H-pyrrole nitrogens is 1. The molecule has 1 aliphatic rings. The highest BCUT2D eigenvalue weighted by Crippen LogP contribution is 2.18. The topological polar surface area (TPSA) is 88.4 Å². The summed E-state index contributed by atoms with van der Waals surface area (Å²) in [6.07, 6.45) is 0. The van der Waals surface area contributed by atoms with Gasteiger partial charge in [-0.1, -0.05) is 12.1 Å². The molecule has 3 aromatic rings. The summed E-state index contributed by atoms with van der Waals surface area (Å²) < 4.78 is 7.70. The molecule has 0 radical (unpaired) electrons. The molecule has 3 heterocycles. The molecular weight excluding hydrogens is 360 g/mol. The van der Waals surface area contributed by atoms with Gasteiger partial charge in [0.05, 0.1) is 7.11 Å². The molecule has 9 nitrogen and oxygen atoms in total. The zero-order valence-electron chi connectivity index (χ0n) is 16.3. The smallest absolute Gasteiger partial charge is 0.332 e. The minimum Gasteiger partial charge on any atom is -0.497 e. The van der Waals surface area contributed by atoms with E-state index in [0.29, 0.717) is 17.1 Å². The number of hydrogen-bond acceptors (Lipinski definition) is 6. The van der Waals surface area contributed by atoms with Crippen molar-refractivity contribution >= 4 is 17.1 Å². The second-order valence-corrected chi connectivity index (χ2v) is 7.08. The van der Waals surface area contributed by atoms with Gasteiger partial charge in [-0.2, -0.15) is 4.98 Å². The first kappa shape index (κ1) is 18.3. The Balaban J connectivity index is 1.47. The quantitative estimate of drug-likeness (QED) is 0.696. The highest BCUT2D eigenvalue weighted by molar-refractivity contribution is 5.73. The van der Waals surface area contributed by atoms with Gasteiger partial charge in [0, 0.05) is 46.8 Å².